The summed E-state index contributed by atoms with van der Waals surface area (Å²) in [5, 5.41) is 0. The molecule has 0 aliphatic heterocycles. The molecule has 0 atom stereocenters. The summed E-state index contributed by atoms with van der Waals surface area (Å²) in [6.45, 7) is 2.70. The Labute approximate surface area is 89.3 Å². The van der Waals surface area contributed by atoms with E-state index in [0.29, 0.717) is 6.54 Å². The normalized spacial score (nSPS) is 11.1. The maximum absolute atomic E-state index is 5.65. The van der Waals surface area contributed by atoms with E-state index in [-0.39, 0.29) is 0 Å². The smallest absolute Gasteiger partial charge is 0.195 e. The monoisotopic (exact) mass is 204 g/mol. The van der Waals surface area contributed by atoms with Gasteiger partial charge in [0.25, 0.3) is 0 Å². The van der Waals surface area contributed by atoms with Gasteiger partial charge in [-0.25, -0.2) is 4.98 Å². The lowest BCUT2D eigenvalue weighted by molar-refractivity contribution is 0.517. The SMILES string of the molecule is CCCCc1nc2ccc(CN)cc2o1. The van der Waals surface area contributed by atoms with Crippen LogP contribution in [0.2, 0.25) is 0 Å². The van der Waals surface area contributed by atoms with Crippen molar-refractivity contribution >= 4 is 11.1 Å². The first-order valence-electron chi connectivity index (χ1n) is 5.42. The lowest BCUT2D eigenvalue weighted by Gasteiger charge is -1.93. The number of rotatable bonds is 4. The van der Waals surface area contributed by atoms with E-state index in [0.717, 1.165) is 41.8 Å². The Kier molecular flexibility index (Phi) is 3.02. The second kappa shape index (κ2) is 4.45. The molecule has 80 valence electrons. The highest BCUT2D eigenvalue weighted by Crippen LogP contribution is 2.18. The van der Waals surface area contributed by atoms with Gasteiger partial charge in [-0.05, 0) is 24.1 Å². The molecule has 0 saturated carbocycles. The van der Waals surface area contributed by atoms with Gasteiger partial charge in [0.2, 0.25) is 0 Å². The summed E-state index contributed by atoms with van der Waals surface area (Å²) >= 11 is 0. The Bertz CT molecular complexity index is 448. The minimum Gasteiger partial charge on any atom is -0.441 e. The maximum atomic E-state index is 5.65. The third-order valence-corrected chi connectivity index (χ3v) is 2.48. The third-order valence-electron chi connectivity index (χ3n) is 2.48. The fourth-order valence-electron chi connectivity index (χ4n) is 1.58. The molecule has 15 heavy (non-hydrogen) atoms. The van der Waals surface area contributed by atoms with E-state index in [1.807, 2.05) is 18.2 Å². The van der Waals surface area contributed by atoms with Gasteiger partial charge in [-0.1, -0.05) is 19.4 Å². The Morgan fingerprint density at radius 1 is 1.40 bits per heavy atom. The molecule has 2 rings (SSSR count). The predicted molar refractivity (Wildman–Crippen MR) is 60.5 cm³/mol. The first-order valence-corrected chi connectivity index (χ1v) is 5.42. The van der Waals surface area contributed by atoms with E-state index in [9.17, 15) is 0 Å². The summed E-state index contributed by atoms with van der Waals surface area (Å²) in [6.07, 6.45) is 3.20. The molecule has 2 aromatic rings. The topological polar surface area (TPSA) is 52.0 Å². The van der Waals surface area contributed by atoms with E-state index in [2.05, 4.69) is 11.9 Å². The highest BCUT2D eigenvalue weighted by molar-refractivity contribution is 5.73. The van der Waals surface area contributed by atoms with Crippen molar-refractivity contribution in [1.82, 2.24) is 4.98 Å². The molecule has 0 amide bonds. The predicted octanol–water partition coefficient (Wildman–Crippen LogP) is 2.63. The van der Waals surface area contributed by atoms with Gasteiger partial charge in [0.05, 0.1) is 0 Å². The van der Waals surface area contributed by atoms with E-state index < -0.39 is 0 Å². The zero-order valence-corrected chi connectivity index (χ0v) is 8.99. The molecule has 0 spiro atoms. The van der Waals surface area contributed by atoms with Gasteiger partial charge < -0.3 is 10.2 Å². The molecular weight excluding hydrogens is 188 g/mol. The van der Waals surface area contributed by atoms with Gasteiger partial charge in [-0.2, -0.15) is 0 Å². The highest BCUT2D eigenvalue weighted by atomic mass is 16.3. The second-order valence-corrected chi connectivity index (χ2v) is 3.72. The summed E-state index contributed by atoms with van der Waals surface area (Å²) in [5.41, 5.74) is 8.43. The van der Waals surface area contributed by atoms with Crippen LogP contribution in [0.15, 0.2) is 22.6 Å². The van der Waals surface area contributed by atoms with Crippen LogP contribution in [-0.2, 0) is 13.0 Å². The van der Waals surface area contributed by atoms with Gasteiger partial charge in [-0.15, -0.1) is 0 Å². The first kappa shape index (κ1) is 10.2. The van der Waals surface area contributed by atoms with Crippen molar-refractivity contribution in [2.24, 2.45) is 5.73 Å². The Morgan fingerprint density at radius 2 is 2.27 bits per heavy atom. The van der Waals surface area contributed by atoms with E-state index >= 15 is 0 Å². The van der Waals surface area contributed by atoms with Crippen LogP contribution in [0.25, 0.3) is 11.1 Å². The Morgan fingerprint density at radius 3 is 3.00 bits per heavy atom. The minimum absolute atomic E-state index is 0.543. The number of nitrogens with zero attached hydrogens (tertiary/aromatic N) is 1. The summed E-state index contributed by atoms with van der Waals surface area (Å²) in [6, 6.07) is 5.93. The first-order chi connectivity index (χ1) is 7.33. The van der Waals surface area contributed by atoms with Crippen molar-refractivity contribution in [3.8, 4) is 0 Å². The average Bonchev–Trinajstić information content (AvgIpc) is 2.67. The van der Waals surface area contributed by atoms with E-state index in [4.69, 9.17) is 10.2 Å². The van der Waals surface area contributed by atoms with Gasteiger partial charge in [0.1, 0.15) is 5.52 Å². The fourth-order valence-corrected chi connectivity index (χ4v) is 1.58. The quantitative estimate of drug-likeness (QED) is 0.832. The van der Waals surface area contributed by atoms with Crippen LogP contribution in [0.1, 0.15) is 31.2 Å². The molecule has 3 nitrogen and oxygen atoms in total. The minimum atomic E-state index is 0.543. The number of unbranched alkanes of at least 4 members (excludes halogenated alkanes) is 1. The van der Waals surface area contributed by atoms with Crippen LogP contribution < -0.4 is 5.73 Å². The lowest BCUT2D eigenvalue weighted by Crippen LogP contribution is -1.94. The van der Waals surface area contributed by atoms with Crippen LogP contribution >= 0.6 is 0 Å². The number of aryl methyl sites for hydroxylation is 1. The molecule has 1 heterocycles. The summed E-state index contributed by atoms with van der Waals surface area (Å²) in [7, 11) is 0. The number of fused-ring (bicyclic) bond motifs is 1. The second-order valence-electron chi connectivity index (χ2n) is 3.72. The van der Waals surface area contributed by atoms with Crippen molar-refractivity contribution < 1.29 is 4.42 Å². The summed E-state index contributed by atoms with van der Waals surface area (Å²) < 4.78 is 5.65. The van der Waals surface area contributed by atoms with Gasteiger partial charge in [-0.3, -0.25) is 0 Å². The molecule has 0 fully saturated rings. The van der Waals surface area contributed by atoms with Crippen molar-refractivity contribution in [2.45, 2.75) is 32.7 Å². The van der Waals surface area contributed by atoms with Gasteiger partial charge in [0, 0.05) is 13.0 Å². The lowest BCUT2D eigenvalue weighted by atomic mass is 10.2. The molecule has 0 unspecified atom stereocenters. The van der Waals surface area contributed by atoms with Crippen molar-refractivity contribution in [3.05, 3.63) is 29.7 Å². The molecule has 0 saturated heterocycles. The molecule has 0 aliphatic carbocycles. The molecule has 0 bridgehead atoms. The number of hydrogen-bond donors (Lipinski definition) is 1. The molecule has 3 heteroatoms. The number of oxazole rings is 1. The average molecular weight is 204 g/mol. The van der Waals surface area contributed by atoms with Crippen LogP contribution in [0.5, 0.6) is 0 Å². The number of benzene rings is 1. The summed E-state index contributed by atoms with van der Waals surface area (Å²) in [4.78, 5) is 4.42. The standard InChI is InChI=1S/C12H16N2O/c1-2-3-4-12-14-10-6-5-9(8-13)7-11(10)15-12/h5-7H,2-4,8,13H2,1H3. The van der Waals surface area contributed by atoms with Gasteiger partial charge >= 0.3 is 0 Å². The van der Waals surface area contributed by atoms with Crippen molar-refractivity contribution in [3.63, 3.8) is 0 Å². The Hall–Kier alpha value is -1.35. The summed E-state index contributed by atoms with van der Waals surface area (Å²) in [5.74, 6) is 0.834. The molecule has 0 radical (unpaired) electrons. The number of hydrogen-bond acceptors (Lipinski definition) is 3. The van der Waals surface area contributed by atoms with E-state index in [1.54, 1.807) is 0 Å². The van der Waals surface area contributed by atoms with Crippen LogP contribution in [0.4, 0.5) is 0 Å². The maximum Gasteiger partial charge on any atom is 0.195 e. The zero-order valence-electron chi connectivity index (χ0n) is 8.99. The van der Waals surface area contributed by atoms with Crippen molar-refractivity contribution in [1.29, 1.82) is 0 Å². The molecular formula is C12H16N2O. The van der Waals surface area contributed by atoms with E-state index in [1.165, 1.54) is 0 Å². The van der Waals surface area contributed by atoms with Gasteiger partial charge in [0.15, 0.2) is 11.5 Å². The van der Waals surface area contributed by atoms with Crippen molar-refractivity contribution in [2.75, 3.05) is 0 Å². The molecule has 2 N–H and O–H groups in total. The molecule has 1 aromatic carbocycles. The Balaban J connectivity index is 2.29. The third kappa shape index (κ3) is 2.18. The van der Waals surface area contributed by atoms with Crippen LogP contribution in [0.3, 0.4) is 0 Å². The largest absolute Gasteiger partial charge is 0.441 e. The highest BCUT2D eigenvalue weighted by Gasteiger charge is 2.05. The zero-order chi connectivity index (χ0) is 10.7. The fraction of sp³-hybridized carbons (Fsp3) is 0.417. The molecule has 1 aromatic heterocycles. The molecule has 0 aliphatic rings. The number of aromatic nitrogens is 1. The van der Waals surface area contributed by atoms with Crippen LogP contribution in [0, 0.1) is 0 Å². The van der Waals surface area contributed by atoms with Crippen LogP contribution in [-0.4, -0.2) is 4.98 Å². The number of nitrogens with two attached hydrogens (primary N) is 1.